The molecule has 138 valence electrons. The third-order valence-electron chi connectivity index (χ3n) is 4.51. The van der Waals surface area contributed by atoms with Crippen molar-refractivity contribution in [2.45, 2.75) is 38.7 Å². The molecule has 1 aliphatic rings. The molecule has 3 rings (SSSR count). The van der Waals surface area contributed by atoms with E-state index in [-0.39, 0.29) is 29.3 Å². The maximum Gasteiger partial charge on any atom is 0.341 e. The third-order valence-corrected chi connectivity index (χ3v) is 4.51. The Morgan fingerprint density at radius 2 is 2.12 bits per heavy atom. The Morgan fingerprint density at radius 3 is 2.77 bits per heavy atom. The van der Waals surface area contributed by atoms with E-state index in [0.717, 1.165) is 19.3 Å². The summed E-state index contributed by atoms with van der Waals surface area (Å²) in [5.41, 5.74) is 0.663. The van der Waals surface area contributed by atoms with E-state index in [1.54, 1.807) is 19.1 Å². The van der Waals surface area contributed by atoms with Crippen LogP contribution in [0.25, 0.3) is 11.5 Å². The van der Waals surface area contributed by atoms with E-state index in [0.29, 0.717) is 23.6 Å². The van der Waals surface area contributed by atoms with Crippen LogP contribution in [0.1, 0.15) is 41.7 Å². The van der Waals surface area contributed by atoms with E-state index in [4.69, 9.17) is 14.0 Å². The predicted molar refractivity (Wildman–Crippen MR) is 89.8 cm³/mol. The molecule has 8 nitrogen and oxygen atoms in total. The molecule has 2 heterocycles. The summed E-state index contributed by atoms with van der Waals surface area (Å²) in [6.07, 6.45) is 4.61. The number of aromatic nitrogens is 2. The highest BCUT2D eigenvalue weighted by atomic mass is 16.5. The largest absolute Gasteiger partial charge is 0.489 e. The summed E-state index contributed by atoms with van der Waals surface area (Å²) in [5, 5.41) is 13.0. The second-order valence-corrected chi connectivity index (χ2v) is 6.28. The van der Waals surface area contributed by atoms with Crippen LogP contribution in [-0.4, -0.2) is 40.4 Å². The average molecular weight is 360 g/mol. The first-order valence-electron chi connectivity index (χ1n) is 8.40. The summed E-state index contributed by atoms with van der Waals surface area (Å²) in [6.45, 7) is 1.56. The lowest BCUT2D eigenvalue weighted by Gasteiger charge is -2.27. The molecule has 0 amide bonds. The number of carbonyl (C=O) groups is 2. The van der Waals surface area contributed by atoms with Crippen LogP contribution in [0.4, 0.5) is 0 Å². The molecule has 0 aliphatic heterocycles. The Kier molecular flexibility index (Phi) is 5.20. The highest BCUT2D eigenvalue weighted by molar-refractivity contribution is 5.94. The first-order valence-corrected chi connectivity index (χ1v) is 8.40. The van der Waals surface area contributed by atoms with Gasteiger partial charge < -0.3 is 19.1 Å². The number of ether oxygens (including phenoxy) is 2. The molecular weight excluding hydrogens is 340 g/mol. The third kappa shape index (κ3) is 3.68. The minimum absolute atomic E-state index is 0.000585. The van der Waals surface area contributed by atoms with Crippen LogP contribution in [0.5, 0.6) is 5.75 Å². The van der Waals surface area contributed by atoms with Gasteiger partial charge in [0.15, 0.2) is 5.76 Å². The van der Waals surface area contributed by atoms with E-state index in [1.165, 1.54) is 13.3 Å². The maximum absolute atomic E-state index is 11.7. The quantitative estimate of drug-likeness (QED) is 0.810. The van der Waals surface area contributed by atoms with Crippen molar-refractivity contribution in [3.8, 4) is 17.2 Å². The molecule has 2 aromatic rings. The van der Waals surface area contributed by atoms with Crippen LogP contribution in [0.3, 0.4) is 0 Å². The topological polar surface area (TPSA) is 112 Å². The predicted octanol–water partition coefficient (Wildman–Crippen LogP) is 2.85. The Labute approximate surface area is 150 Å². The van der Waals surface area contributed by atoms with Crippen molar-refractivity contribution in [3.63, 3.8) is 0 Å². The molecule has 8 heteroatoms. The van der Waals surface area contributed by atoms with Gasteiger partial charge in [0.25, 0.3) is 0 Å². The summed E-state index contributed by atoms with van der Waals surface area (Å²) in [4.78, 5) is 27.3. The average Bonchev–Trinajstić information content (AvgIpc) is 3.03. The molecular formula is C18H20N2O6. The highest BCUT2D eigenvalue weighted by Gasteiger charge is 2.29. The first-order chi connectivity index (χ1) is 12.5. The van der Waals surface area contributed by atoms with Crippen molar-refractivity contribution in [1.29, 1.82) is 0 Å². The van der Waals surface area contributed by atoms with Crippen LogP contribution < -0.4 is 4.74 Å². The van der Waals surface area contributed by atoms with Crippen molar-refractivity contribution in [2.24, 2.45) is 5.92 Å². The van der Waals surface area contributed by atoms with Crippen LogP contribution >= 0.6 is 0 Å². The van der Waals surface area contributed by atoms with Crippen molar-refractivity contribution in [1.82, 2.24) is 10.1 Å². The molecule has 1 fully saturated rings. The summed E-state index contributed by atoms with van der Waals surface area (Å²) < 4.78 is 15.8. The Morgan fingerprint density at radius 1 is 1.31 bits per heavy atom. The number of nitrogens with zero attached hydrogens (tertiary/aromatic N) is 2. The molecule has 0 bridgehead atoms. The van der Waals surface area contributed by atoms with Gasteiger partial charge in [-0.25, -0.2) is 9.78 Å². The molecule has 2 aromatic heterocycles. The normalized spacial score (nSPS) is 19.8. The summed E-state index contributed by atoms with van der Waals surface area (Å²) >= 11 is 0. The van der Waals surface area contributed by atoms with Crippen LogP contribution in [0, 0.1) is 12.8 Å². The van der Waals surface area contributed by atoms with E-state index in [1.807, 2.05) is 0 Å². The zero-order valence-corrected chi connectivity index (χ0v) is 14.6. The van der Waals surface area contributed by atoms with Gasteiger partial charge in [0.05, 0.1) is 31.0 Å². The number of aromatic carboxylic acids is 1. The highest BCUT2D eigenvalue weighted by Crippen LogP contribution is 2.30. The van der Waals surface area contributed by atoms with Crippen molar-refractivity contribution >= 4 is 11.9 Å². The molecule has 1 N–H and O–H groups in total. The van der Waals surface area contributed by atoms with E-state index in [9.17, 15) is 14.7 Å². The zero-order chi connectivity index (χ0) is 18.7. The second-order valence-electron chi connectivity index (χ2n) is 6.28. The summed E-state index contributed by atoms with van der Waals surface area (Å²) in [6, 6.07) is 3.33. The molecule has 0 aromatic carbocycles. The number of carbonyl (C=O) groups excluding carboxylic acids is 1. The number of esters is 1. The number of aryl methyl sites for hydroxylation is 1. The Balaban J connectivity index is 1.70. The van der Waals surface area contributed by atoms with E-state index >= 15 is 0 Å². The van der Waals surface area contributed by atoms with Crippen LogP contribution in [-0.2, 0) is 9.53 Å². The molecule has 0 saturated heterocycles. The fourth-order valence-corrected chi connectivity index (χ4v) is 3.21. The van der Waals surface area contributed by atoms with Crippen LogP contribution in [0.2, 0.25) is 0 Å². The number of carboxylic acids is 1. The smallest absolute Gasteiger partial charge is 0.341 e. The monoisotopic (exact) mass is 360 g/mol. The van der Waals surface area contributed by atoms with Crippen molar-refractivity contribution in [3.05, 3.63) is 29.6 Å². The van der Waals surface area contributed by atoms with E-state index < -0.39 is 5.97 Å². The number of carboxylic acid groups (broad SMARTS) is 1. The minimum Gasteiger partial charge on any atom is -0.489 e. The Bertz CT molecular complexity index is 799. The van der Waals surface area contributed by atoms with Gasteiger partial charge in [-0.05, 0) is 44.7 Å². The maximum atomic E-state index is 11.7. The number of hydrogen-bond donors (Lipinski definition) is 1. The fourth-order valence-electron chi connectivity index (χ4n) is 3.21. The zero-order valence-electron chi connectivity index (χ0n) is 14.6. The number of rotatable bonds is 5. The lowest BCUT2D eigenvalue weighted by atomic mass is 9.87. The first kappa shape index (κ1) is 17.9. The molecule has 1 saturated carbocycles. The molecule has 0 radical (unpaired) electrons. The lowest BCUT2D eigenvalue weighted by molar-refractivity contribution is -0.147. The lowest BCUT2D eigenvalue weighted by Crippen LogP contribution is -2.30. The molecule has 26 heavy (non-hydrogen) atoms. The fraction of sp³-hybridized carbons (Fsp3) is 0.444. The van der Waals surface area contributed by atoms with Gasteiger partial charge in [0, 0.05) is 0 Å². The summed E-state index contributed by atoms with van der Waals surface area (Å²) in [7, 11) is 1.39. The number of pyridine rings is 1. The van der Waals surface area contributed by atoms with Crippen molar-refractivity contribution in [2.75, 3.05) is 7.11 Å². The minimum atomic E-state index is -1.11. The summed E-state index contributed by atoms with van der Waals surface area (Å²) in [5.74, 6) is -0.783. The van der Waals surface area contributed by atoms with Gasteiger partial charge in [0.2, 0.25) is 0 Å². The SMILES string of the molecule is COC(=O)[C@H]1CCC[C@H](Oc2ccc(-c3onc(C)c3C(=O)O)nc2)C1. The van der Waals surface area contributed by atoms with Gasteiger partial charge in [-0.2, -0.15) is 0 Å². The standard InChI is InChI=1S/C18H20N2O6/c1-10-15(17(21)22)16(26-20-10)14-7-6-13(9-19-14)25-12-5-3-4-11(8-12)18(23)24-2/h6-7,9,11-12H,3-5,8H2,1-2H3,(H,21,22)/t11-,12-/m0/s1. The molecule has 0 unspecified atom stereocenters. The Hall–Kier alpha value is -2.90. The van der Waals surface area contributed by atoms with Crippen LogP contribution in [0.15, 0.2) is 22.9 Å². The molecule has 0 spiro atoms. The second kappa shape index (κ2) is 7.55. The van der Waals surface area contributed by atoms with Gasteiger partial charge in [-0.3, -0.25) is 4.79 Å². The molecule has 1 aliphatic carbocycles. The van der Waals surface area contributed by atoms with Gasteiger partial charge >= 0.3 is 11.9 Å². The van der Waals surface area contributed by atoms with Gasteiger partial charge in [-0.1, -0.05) is 5.16 Å². The molecule has 2 atom stereocenters. The van der Waals surface area contributed by atoms with Gasteiger partial charge in [0.1, 0.15) is 17.0 Å². The van der Waals surface area contributed by atoms with E-state index in [2.05, 4.69) is 10.1 Å². The number of hydrogen-bond acceptors (Lipinski definition) is 7. The number of methoxy groups -OCH3 is 1. The van der Waals surface area contributed by atoms with Crippen molar-refractivity contribution < 1.29 is 28.7 Å². The van der Waals surface area contributed by atoms with Gasteiger partial charge in [-0.15, -0.1) is 0 Å².